The first kappa shape index (κ1) is 18.3. The third kappa shape index (κ3) is 4.97. The summed E-state index contributed by atoms with van der Waals surface area (Å²) in [6.45, 7) is 1.60. The Bertz CT molecular complexity index is 476. The van der Waals surface area contributed by atoms with Crippen molar-refractivity contribution in [3.05, 3.63) is 29.6 Å². The van der Waals surface area contributed by atoms with E-state index < -0.39 is 6.69 Å². The topological polar surface area (TPSA) is 0 Å². The van der Waals surface area contributed by atoms with Gasteiger partial charge in [-0.3, -0.25) is 0 Å². The van der Waals surface area contributed by atoms with Crippen LogP contribution in [0.25, 0.3) is 0 Å². The zero-order valence-electron chi connectivity index (χ0n) is 13.7. The quantitative estimate of drug-likeness (QED) is 0.311. The Labute approximate surface area is 144 Å². The van der Waals surface area contributed by atoms with E-state index in [4.69, 9.17) is 22.2 Å². The smallest absolute Gasteiger partial charge is 0.207 e. The van der Waals surface area contributed by atoms with Gasteiger partial charge >= 0.3 is 0 Å². The molecular formula is C18H27Cl2FSi. The highest BCUT2D eigenvalue weighted by Crippen LogP contribution is 2.38. The van der Waals surface area contributed by atoms with Crippen LogP contribution in [0.4, 0.5) is 4.39 Å². The van der Waals surface area contributed by atoms with Crippen molar-refractivity contribution >= 4 is 34.0 Å². The summed E-state index contributed by atoms with van der Waals surface area (Å²) in [6, 6.07) is 5.41. The van der Waals surface area contributed by atoms with Gasteiger partial charge in [0.25, 0.3) is 6.69 Å². The Morgan fingerprint density at radius 2 is 1.82 bits per heavy atom. The molecule has 0 bridgehead atoms. The van der Waals surface area contributed by atoms with Crippen LogP contribution < -0.4 is 5.19 Å². The van der Waals surface area contributed by atoms with Crippen LogP contribution in [0.1, 0.15) is 69.8 Å². The van der Waals surface area contributed by atoms with Gasteiger partial charge in [0.1, 0.15) is 5.82 Å². The molecule has 0 nitrogen and oxygen atoms in total. The first-order valence-electron chi connectivity index (χ1n) is 8.59. The summed E-state index contributed by atoms with van der Waals surface area (Å²) >= 11 is 12.4. The lowest BCUT2D eigenvalue weighted by molar-refractivity contribution is 0.299. The Balaban J connectivity index is 1.94. The molecule has 0 saturated heterocycles. The predicted molar refractivity (Wildman–Crippen MR) is 98.2 cm³/mol. The van der Waals surface area contributed by atoms with E-state index in [1.54, 1.807) is 6.07 Å². The highest BCUT2D eigenvalue weighted by Gasteiger charge is 2.28. The van der Waals surface area contributed by atoms with Gasteiger partial charge < -0.3 is 0 Å². The highest BCUT2D eigenvalue weighted by atomic mass is 35.7. The summed E-state index contributed by atoms with van der Waals surface area (Å²) in [6.07, 6.45) is 10.0. The summed E-state index contributed by atoms with van der Waals surface area (Å²) in [5, 5.41) is 0.769. The van der Waals surface area contributed by atoms with Crippen LogP contribution in [0, 0.1) is 11.7 Å². The van der Waals surface area contributed by atoms with Crippen molar-refractivity contribution < 1.29 is 4.39 Å². The zero-order chi connectivity index (χ0) is 16.2. The van der Waals surface area contributed by atoms with E-state index in [-0.39, 0.29) is 5.82 Å². The fourth-order valence-corrected chi connectivity index (χ4v) is 5.04. The van der Waals surface area contributed by atoms with Gasteiger partial charge in [-0.2, -0.15) is 0 Å². The molecule has 0 unspecified atom stereocenters. The number of hydrogen-bond donors (Lipinski definition) is 0. The minimum atomic E-state index is -2.46. The standard InChI is InChI=1S/C18H27Cl2FSi/c1-3-4-5-6-14-7-9-15(10-8-14)17-12-11-16(13-18(17)21)22(2,19)20/h11-15H,3-10H2,1-2H3. The minimum Gasteiger partial charge on any atom is -0.207 e. The monoisotopic (exact) mass is 360 g/mol. The van der Waals surface area contributed by atoms with Crippen LogP contribution in [0.5, 0.6) is 0 Å². The average Bonchev–Trinajstić information content (AvgIpc) is 2.47. The molecule has 1 saturated carbocycles. The maximum absolute atomic E-state index is 14.4. The fourth-order valence-electron chi connectivity index (χ4n) is 3.58. The Morgan fingerprint density at radius 3 is 2.36 bits per heavy atom. The maximum atomic E-state index is 14.4. The van der Waals surface area contributed by atoms with Crippen LogP contribution >= 0.6 is 22.2 Å². The summed E-state index contributed by atoms with van der Waals surface area (Å²) < 4.78 is 14.4. The molecule has 0 spiro atoms. The van der Waals surface area contributed by atoms with Crippen molar-refractivity contribution in [2.45, 2.75) is 70.8 Å². The van der Waals surface area contributed by atoms with Gasteiger partial charge in [-0.1, -0.05) is 44.7 Å². The molecule has 4 heteroatoms. The summed E-state index contributed by atoms with van der Waals surface area (Å²) in [5.74, 6) is 1.11. The van der Waals surface area contributed by atoms with Crippen LogP contribution in [0.3, 0.4) is 0 Å². The molecule has 0 amide bonds. The molecule has 1 aromatic carbocycles. The van der Waals surface area contributed by atoms with Gasteiger partial charge in [-0.25, -0.2) is 4.39 Å². The normalized spacial score (nSPS) is 22.8. The Kier molecular flexibility index (Phi) is 6.79. The van der Waals surface area contributed by atoms with Crippen molar-refractivity contribution in [2.24, 2.45) is 5.92 Å². The highest BCUT2D eigenvalue weighted by molar-refractivity contribution is 7.50. The summed E-state index contributed by atoms with van der Waals surface area (Å²) in [7, 11) is 0. The molecule has 0 aromatic heterocycles. The van der Waals surface area contributed by atoms with Crippen molar-refractivity contribution in [1.29, 1.82) is 0 Å². The van der Waals surface area contributed by atoms with Crippen LogP contribution in [-0.4, -0.2) is 6.69 Å². The van der Waals surface area contributed by atoms with Gasteiger partial charge in [0, 0.05) is 0 Å². The molecule has 22 heavy (non-hydrogen) atoms. The van der Waals surface area contributed by atoms with Crippen molar-refractivity contribution in [2.75, 3.05) is 0 Å². The second-order valence-electron chi connectivity index (χ2n) is 6.84. The van der Waals surface area contributed by atoms with E-state index in [9.17, 15) is 4.39 Å². The molecule has 0 aliphatic heterocycles. The number of hydrogen-bond acceptors (Lipinski definition) is 0. The van der Waals surface area contributed by atoms with Gasteiger partial charge in [-0.15, -0.1) is 22.2 Å². The molecule has 0 N–H and O–H groups in total. The van der Waals surface area contributed by atoms with E-state index in [0.29, 0.717) is 5.92 Å². The van der Waals surface area contributed by atoms with Gasteiger partial charge in [-0.05, 0) is 60.9 Å². The van der Waals surface area contributed by atoms with Crippen LogP contribution in [-0.2, 0) is 0 Å². The van der Waals surface area contributed by atoms with E-state index in [1.807, 2.05) is 18.7 Å². The first-order valence-corrected chi connectivity index (χ1v) is 13.1. The van der Waals surface area contributed by atoms with E-state index in [0.717, 1.165) is 29.5 Å². The molecule has 124 valence electrons. The number of unbranched alkanes of at least 4 members (excludes halogenated alkanes) is 2. The Hall–Kier alpha value is -0.0531. The maximum Gasteiger partial charge on any atom is 0.277 e. The molecule has 1 fully saturated rings. The predicted octanol–water partition coefficient (Wildman–Crippen LogP) is 6.44. The number of halogens is 3. The molecular weight excluding hydrogens is 334 g/mol. The molecule has 0 radical (unpaired) electrons. The second-order valence-corrected chi connectivity index (χ2v) is 14.3. The minimum absolute atomic E-state index is 0.119. The third-order valence-electron chi connectivity index (χ3n) is 5.01. The van der Waals surface area contributed by atoms with Crippen molar-refractivity contribution in [1.82, 2.24) is 0 Å². The van der Waals surface area contributed by atoms with Crippen molar-refractivity contribution in [3.63, 3.8) is 0 Å². The van der Waals surface area contributed by atoms with Gasteiger partial charge in [0.05, 0.1) is 0 Å². The van der Waals surface area contributed by atoms with Crippen LogP contribution in [0.2, 0.25) is 6.55 Å². The largest absolute Gasteiger partial charge is 0.277 e. The summed E-state index contributed by atoms with van der Waals surface area (Å²) in [4.78, 5) is 0. The molecule has 1 aliphatic rings. The molecule has 1 aromatic rings. The third-order valence-corrected chi connectivity index (χ3v) is 7.64. The van der Waals surface area contributed by atoms with Crippen molar-refractivity contribution in [3.8, 4) is 0 Å². The SMILES string of the molecule is CCCCCC1CCC(c2ccc([Si](C)(Cl)Cl)cc2F)CC1. The lowest BCUT2D eigenvalue weighted by atomic mass is 9.77. The Morgan fingerprint density at radius 1 is 1.14 bits per heavy atom. The first-order chi connectivity index (χ1) is 10.4. The van der Waals surface area contributed by atoms with Gasteiger partial charge in [0.15, 0.2) is 0 Å². The fraction of sp³-hybridized carbons (Fsp3) is 0.667. The number of rotatable bonds is 6. The second kappa shape index (κ2) is 8.17. The molecule has 0 heterocycles. The van der Waals surface area contributed by atoms with Crippen LogP contribution in [0.15, 0.2) is 18.2 Å². The number of benzene rings is 1. The molecule has 0 atom stereocenters. The van der Waals surface area contributed by atoms with E-state index >= 15 is 0 Å². The lowest BCUT2D eigenvalue weighted by Crippen LogP contribution is -2.33. The average molecular weight is 361 g/mol. The van der Waals surface area contributed by atoms with Gasteiger partial charge in [0.2, 0.25) is 0 Å². The summed E-state index contributed by atoms with van der Waals surface area (Å²) in [5.41, 5.74) is 0.863. The van der Waals surface area contributed by atoms with E-state index in [1.165, 1.54) is 38.5 Å². The zero-order valence-corrected chi connectivity index (χ0v) is 16.2. The molecule has 1 aliphatic carbocycles. The molecule has 2 rings (SSSR count). The van der Waals surface area contributed by atoms with E-state index in [2.05, 4.69) is 6.92 Å². The lowest BCUT2D eigenvalue weighted by Gasteiger charge is -2.29.